The summed E-state index contributed by atoms with van der Waals surface area (Å²) in [6.45, 7) is 0. The Labute approximate surface area is 133 Å². The van der Waals surface area contributed by atoms with Crippen LogP contribution in [0, 0.1) is 0 Å². The van der Waals surface area contributed by atoms with Gasteiger partial charge in [0.1, 0.15) is 5.75 Å². The maximum absolute atomic E-state index is 11.6. The summed E-state index contributed by atoms with van der Waals surface area (Å²) in [7, 11) is 1.57. The fourth-order valence-electron chi connectivity index (χ4n) is 1.88. The number of hydrogen-bond acceptors (Lipinski definition) is 4. The zero-order valence-corrected chi connectivity index (χ0v) is 12.6. The molecule has 0 aliphatic heterocycles. The average molecular weight is 315 g/mol. The van der Waals surface area contributed by atoms with Crippen LogP contribution in [0.5, 0.6) is 17.2 Å². The number of aliphatic carboxylic acids is 1. The zero-order valence-electron chi connectivity index (χ0n) is 12.6. The lowest BCUT2D eigenvalue weighted by molar-refractivity contribution is -0.138. The summed E-state index contributed by atoms with van der Waals surface area (Å²) in [5.74, 6) is 0.469. The van der Waals surface area contributed by atoms with Gasteiger partial charge in [0.05, 0.1) is 13.5 Å². The van der Waals surface area contributed by atoms with Crippen LogP contribution >= 0.6 is 0 Å². The summed E-state index contributed by atoms with van der Waals surface area (Å²) in [6.07, 6.45) is -0.254. The summed E-state index contributed by atoms with van der Waals surface area (Å²) >= 11 is 0. The highest BCUT2D eigenvalue weighted by atomic mass is 16.5. The number of rotatable bonds is 7. The summed E-state index contributed by atoms with van der Waals surface area (Å²) in [5.41, 5.74) is 0.577. The van der Waals surface area contributed by atoms with E-state index in [-0.39, 0.29) is 18.7 Å². The second-order valence-corrected chi connectivity index (χ2v) is 4.72. The molecule has 2 aromatic carbocycles. The highest BCUT2D eigenvalue weighted by Crippen LogP contribution is 2.31. The number of ether oxygens (including phenoxy) is 2. The molecule has 2 aromatic rings. The standard InChI is InChI=1S/C17H17NO5/c1-22-14-4-2-3-5-15(14)23-13-8-6-12(7-9-13)18-16(19)10-11-17(20)21/h2-9H,10-11H2,1H3,(H,18,19)(H,20,21). The molecule has 23 heavy (non-hydrogen) atoms. The summed E-state index contributed by atoms with van der Waals surface area (Å²) in [4.78, 5) is 22.0. The van der Waals surface area contributed by atoms with E-state index < -0.39 is 5.97 Å². The average Bonchev–Trinajstić information content (AvgIpc) is 2.55. The van der Waals surface area contributed by atoms with Gasteiger partial charge in [0.15, 0.2) is 11.5 Å². The number of para-hydroxylation sites is 2. The lowest BCUT2D eigenvalue weighted by atomic mass is 10.2. The zero-order chi connectivity index (χ0) is 16.7. The number of anilines is 1. The van der Waals surface area contributed by atoms with Crippen LogP contribution in [0.4, 0.5) is 5.69 Å². The van der Waals surface area contributed by atoms with Crippen molar-refractivity contribution in [3.63, 3.8) is 0 Å². The molecule has 0 aliphatic rings. The first-order valence-corrected chi connectivity index (χ1v) is 7.01. The fraction of sp³-hybridized carbons (Fsp3) is 0.176. The van der Waals surface area contributed by atoms with Crippen molar-refractivity contribution in [1.82, 2.24) is 0 Å². The Hall–Kier alpha value is -3.02. The molecule has 120 valence electrons. The van der Waals surface area contributed by atoms with Crippen LogP contribution in [0.2, 0.25) is 0 Å². The van der Waals surface area contributed by atoms with Crippen molar-refractivity contribution in [3.05, 3.63) is 48.5 Å². The van der Waals surface area contributed by atoms with E-state index in [2.05, 4.69) is 5.32 Å². The number of hydrogen-bond donors (Lipinski definition) is 2. The molecular weight excluding hydrogens is 298 g/mol. The number of nitrogens with one attached hydrogen (secondary N) is 1. The Balaban J connectivity index is 1.97. The Morgan fingerprint density at radius 1 is 1.00 bits per heavy atom. The van der Waals surface area contributed by atoms with E-state index in [1.54, 1.807) is 43.5 Å². The predicted octanol–water partition coefficient (Wildman–Crippen LogP) is 3.29. The van der Waals surface area contributed by atoms with Gasteiger partial charge in [-0.05, 0) is 36.4 Å². The molecule has 0 radical (unpaired) electrons. The predicted molar refractivity (Wildman–Crippen MR) is 85.0 cm³/mol. The number of amides is 1. The first-order valence-electron chi connectivity index (χ1n) is 7.01. The van der Waals surface area contributed by atoms with E-state index in [1.807, 2.05) is 12.1 Å². The van der Waals surface area contributed by atoms with E-state index in [1.165, 1.54) is 0 Å². The Morgan fingerprint density at radius 2 is 1.65 bits per heavy atom. The maximum Gasteiger partial charge on any atom is 0.303 e. The van der Waals surface area contributed by atoms with E-state index >= 15 is 0 Å². The highest BCUT2D eigenvalue weighted by Gasteiger charge is 2.07. The molecule has 0 heterocycles. The van der Waals surface area contributed by atoms with Gasteiger partial charge in [0.25, 0.3) is 0 Å². The van der Waals surface area contributed by atoms with Gasteiger partial charge in [0, 0.05) is 12.1 Å². The van der Waals surface area contributed by atoms with Crippen LogP contribution < -0.4 is 14.8 Å². The van der Waals surface area contributed by atoms with Crippen molar-refractivity contribution >= 4 is 17.6 Å². The van der Waals surface area contributed by atoms with Gasteiger partial charge < -0.3 is 19.9 Å². The van der Waals surface area contributed by atoms with E-state index in [0.717, 1.165) is 0 Å². The molecule has 6 nitrogen and oxygen atoms in total. The van der Waals surface area contributed by atoms with Crippen molar-refractivity contribution in [2.24, 2.45) is 0 Å². The Bertz CT molecular complexity index is 682. The molecule has 0 saturated carbocycles. The van der Waals surface area contributed by atoms with Crippen LogP contribution in [-0.4, -0.2) is 24.1 Å². The molecule has 2 rings (SSSR count). The van der Waals surface area contributed by atoms with Crippen LogP contribution in [0.1, 0.15) is 12.8 Å². The van der Waals surface area contributed by atoms with E-state index in [9.17, 15) is 9.59 Å². The molecule has 0 bridgehead atoms. The van der Waals surface area contributed by atoms with Crippen molar-refractivity contribution in [2.45, 2.75) is 12.8 Å². The van der Waals surface area contributed by atoms with Crippen LogP contribution in [0.15, 0.2) is 48.5 Å². The number of methoxy groups -OCH3 is 1. The van der Waals surface area contributed by atoms with Gasteiger partial charge in [-0.1, -0.05) is 12.1 Å². The molecule has 0 unspecified atom stereocenters. The molecule has 0 spiro atoms. The number of benzene rings is 2. The molecule has 0 atom stereocenters. The molecule has 6 heteroatoms. The normalized spacial score (nSPS) is 9.96. The largest absolute Gasteiger partial charge is 0.493 e. The molecule has 0 aliphatic carbocycles. The first-order chi connectivity index (χ1) is 11.1. The fourth-order valence-corrected chi connectivity index (χ4v) is 1.88. The third-order valence-corrected chi connectivity index (χ3v) is 3.00. The lowest BCUT2D eigenvalue weighted by Crippen LogP contribution is -2.12. The Morgan fingerprint density at radius 3 is 2.26 bits per heavy atom. The topological polar surface area (TPSA) is 84.9 Å². The van der Waals surface area contributed by atoms with Crippen molar-refractivity contribution in [1.29, 1.82) is 0 Å². The van der Waals surface area contributed by atoms with Crippen LogP contribution in [0.3, 0.4) is 0 Å². The van der Waals surface area contributed by atoms with Gasteiger partial charge in [0.2, 0.25) is 5.91 Å². The minimum Gasteiger partial charge on any atom is -0.493 e. The first kappa shape index (κ1) is 16.4. The monoisotopic (exact) mass is 315 g/mol. The lowest BCUT2D eigenvalue weighted by Gasteiger charge is -2.10. The van der Waals surface area contributed by atoms with Crippen molar-refractivity contribution in [3.8, 4) is 17.2 Å². The smallest absolute Gasteiger partial charge is 0.303 e. The van der Waals surface area contributed by atoms with Crippen LogP contribution in [0.25, 0.3) is 0 Å². The number of carboxylic acid groups (broad SMARTS) is 1. The quantitative estimate of drug-likeness (QED) is 0.819. The van der Waals surface area contributed by atoms with Gasteiger partial charge >= 0.3 is 5.97 Å². The second kappa shape index (κ2) is 7.84. The van der Waals surface area contributed by atoms with Gasteiger partial charge in [-0.25, -0.2) is 0 Å². The van der Waals surface area contributed by atoms with Crippen LogP contribution in [-0.2, 0) is 9.59 Å². The number of carboxylic acids is 1. The minimum atomic E-state index is -0.999. The molecule has 0 saturated heterocycles. The highest BCUT2D eigenvalue weighted by molar-refractivity contribution is 5.92. The molecular formula is C17H17NO5. The van der Waals surface area contributed by atoms with Gasteiger partial charge in [-0.15, -0.1) is 0 Å². The molecule has 2 N–H and O–H groups in total. The van der Waals surface area contributed by atoms with E-state index in [0.29, 0.717) is 22.9 Å². The van der Waals surface area contributed by atoms with Crippen molar-refractivity contribution < 1.29 is 24.2 Å². The molecule has 0 aromatic heterocycles. The van der Waals surface area contributed by atoms with Crippen molar-refractivity contribution in [2.75, 3.05) is 12.4 Å². The number of carbonyl (C=O) groups excluding carboxylic acids is 1. The second-order valence-electron chi connectivity index (χ2n) is 4.72. The van der Waals surface area contributed by atoms with Gasteiger partial charge in [-0.2, -0.15) is 0 Å². The van der Waals surface area contributed by atoms with E-state index in [4.69, 9.17) is 14.6 Å². The summed E-state index contributed by atoms with van der Waals surface area (Å²) < 4.78 is 10.9. The summed E-state index contributed by atoms with van der Waals surface area (Å²) in [5, 5.41) is 11.2. The summed E-state index contributed by atoms with van der Waals surface area (Å²) in [6, 6.07) is 14.1. The van der Waals surface area contributed by atoms with Gasteiger partial charge in [-0.3, -0.25) is 9.59 Å². The third-order valence-electron chi connectivity index (χ3n) is 3.00. The minimum absolute atomic E-state index is 0.0607. The SMILES string of the molecule is COc1ccccc1Oc1ccc(NC(=O)CCC(=O)O)cc1. The Kier molecular flexibility index (Phi) is 5.57. The maximum atomic E-state index is 11.6. The molecule has 0 fully saturated rings. The third kappa shape index (κ3) is 5.03. The molecule has 1 amide bonds. The number of carbonyl (C=O) groups is 2.